The Bertz CT molecular complexity index is 909. The van der Waals surface area contributed by atoms with Crippen LogP contribution in [0.1, 0.15) is 40.4 Å². The SMILES string of the molecule is Cc1ccc(-n2ncc(C(=O)Nc3ccccc3)c2C2CCNCC2)cc1. The number of anilines is 1. The van der Waals surface area contributed by atoms with Crippen LogP contribution in [0.4, 0.5) is 5.69 Å². The highest BCUT2D eigenvalue weighted by molar-refractivity contribution is 6.05. The first kappa shape index (κ1) is 17.5. The molecule has 2 aromatic carbocycles. The first-order valence-electron chi connectivity index (χ1n) is 9.44. The van der Waals surface area contributed by atoms with Crippen LogP contribution in [0.3, 0.4) is 0 Å². The maximum Gasteiger partial charge on any atom is 0.259 e. The first-order valence-corrected chi connectivity index (χ1v) is 9.44. The average Bonchev–Trinajstić information content (AvgIpc) is 3.15. The lowest BCUT2D eigenvalue weighted by atomic mass is 9.91. The molecule has 1 fully saturated rings. The molecule has 5 nitrogen and oxygen atoms in total. The normalized spacial score (nSPS) is 14.9. The molecule has 1 aliphatic heterocycles. The van der Waals surface area contributed by atoms with Crippen molar-refractivity contribution in [3.63, 3.8) is 0 Å². The zero-order valence-electron chi connectivity index (χ0n) is 15.5. The maximum absolute atomic E-state index is 13.0. The summed E-state index contributed by atoms with van der Waals surface area (Å²) in [6, 6.07) is 17.8. The molecule has 0 aliphatic carbocycles. The summed E-state index contributed by atoms with van der Waals surface area (Å²) in [6.07, 6.45) is 3.71. The summed E-state index contributed by atoms with van der Waals surface area (Å²) < 4.78 is 1.94. The fourth-order valence-electron chi connectivity index (χ4n) is 3.63. The Balaban J connectivity index is 1.72. The Kier molecular flexibility index (Phi) is 5.03. The van der Waals surface area contributed by atoms with E-state index >= 15 is 0 Å². The minimum atomic E-state index is -0.104. The molecule has 1 aliphatic rings. The molecule has 1 saturated heterocycles. The number of piperidine rings is 1. The van der Waals surface area contributed by atoms with E-state index in [0.29, 0.717) is 11.5 Å². The number of carbonyl (C=O) groups excluding carboxylic acids is 1. The van der Waals surface area contributed by atoms with Gasteiger partial charge in [-0.15, -0.1) is 0 Å². The van der Waals surface area contributed by atoms with Crippen molar-refractivity contribution in [3.8, 4) is 5.69 Å². The van der Waals surface area contributed by atoms with E-state index in [-0.39, 0.29) is 5.91 Å². The van der Waals surface area contributed by atoms with Gasteiger partial charge in [-0.3, -0.25) is 4.79 Å². The third-order valence-corrected chi connectivity index (χ3v) is 5.09. The molecule has 138 valence electrons. The number of aromatic nitrogens is 2. The smallest absolute Gasteiger partial charge is 0.259 e. The summed E-state index contributed by atoms with van der Waals surface area (Å²) in [5, 5.41) is 11.0. The van der Waals surface area contributed by atoms with Crippen molar-refractivity contribution < 1.29 is 4.79 Å². The molecule has 2 heterocycles. The van der Waals surface area contributed by atoms with Gasteiger partial charge >= 0.3 is 0 Å². The summed E-state index contributed by atoms with van der Waals surface area (Å²) in [5.41, 5.74) is 4.66. The molecule has 3 aromatic rings. The van der Waals surface area contributed by atoms with Gasteiger partial charge in [0.05, 0.1) is 23.1 Å². The highest BCUT2D eigenvalue weighted by atomic mass is 16.1. The monoisotopic (exact) mass is 360 g/mol. The molecule has 0 radical (unpaired) electrons. The predicted octanol–water partition coefficient (Wildman–Crippen LogP) is 3.90. The molecule has 0 bridgehead atoms. The lowest BCUT2D eigenvalue weighted by Crippen LogP contribution is -2.29. The van der Waals surface area contributed by atoms with Crippen LogP contribution in [-0.4, -0.2) is 28.8 Å². The second kappa shape index (κ2) is 7.76. The molecule has 5 heteroatoms. The third kappa shape index (κ3) is 3.78. The topological polar surface area (TPSA) is 59.0 Å². The number of nitrogens with one attached hydrogen (secondary N) is 2. The van der Waals surface area contributed by atoms with Gasteiger partial charge in [-0.05, 0) is 57.1 Å². The molecule has 0 unspecified atom stereocenters. The summed E-state index contributed by atoms with van der Waals surface area (Å²) in [4.78, 5) is 13.0. The van der Waals surface area contributed by atoms with E-state index in [1.54, 1.807) is 6.20 Å². The third-order valence-electron chi connectivity index (χ3n) is 5.09. The molecule has 0 spiro atoms. The fraction of sp³-hybridized carbons (Fsp3) is 0.273. The van der Waals surface area contributed by atoms with Crippen LogP contribution in [0.25, 0.3) is 5.69 Å². The largest absolute Gasteiger partial charge is 0.322 e. The van der Waals surface area contributed by atoms with Crippen LogP contribution >= 0.6 is 0 Å². The Morgan fingerprint density at radius 3 is 2.48 bits per heavy atom. The van der Waals surface area contributed by atoms with E-state index in [1.807, 2.05) is 35.0 Å². The molecule has 2 N–H and O–H groups in total. The summed E-state index contributed by atoms with van der Waals surface area (Å²) >= 11 is 0. The van der Waals surface area contributed by atoms with Crippen molar-refractivity contribution in [1.29, 1.82) is 0 Å². The van der Waals surface area contributed by atoms with Crippen molar-refractivity contribution in [2.75, 3.05) is 18.4 Å². The van der Waals surface area contributed by atoms with E-state index < -0.39 is 0 Å². The zero-order valence-corrected chi connectivity index (χ0v) is 15.5. The molecule has 1 aromatic heterocycles. The molecule has 27 heavy (non-hydrogen) atoms. The highest BCUT2D eigenvalue weighted by Crippen LogP contribution is 2.30. The second-order valence-corrected chi connectivity index (χ2v) is 7.04. The first-order chi connectivity index (χ1) is 13.2. The van der Waals surface area contributed by atoms with Gasteiger partial charge < -0.3 is 10.6 Å². The van der Waals surface area contributed by atoms with Gasteiger partial charge in [-0.25, -0.2) is 4.68 Å². The number of benzene rings is 2. The number of rotatable bonds is 4. The van der Waals surface area contributed by atoms with Crippen molar-refractivity contribution in [2.24, 2.45) is 0 Å². The van der Waals surface area contributed by atoms with E-state index in [4.69, 9.17) is 0 Å². The number of nitrogens with zero attached hydrogens (tertiary/aromatic N) is 2. The van der Waals surface area contributed by atoms with Gasteiger partial charge in [-0.2, -0.15) is 5.10 Å². The van der Waals surface area contributed by atoms with Gasteiger partial charge in [0.2, 0.25) is 0 Å². The van der Waals surface area contributed by atoms with Crippen LogP contribution < -0.4 is 10.6 Å². The van der Waals surface area contributed by atoms with E-state index in [1.165, 1.54) is 5.56 Å². The Morgan fingerprint density at radius 1 is 1.07 bits per heavy atom. The lowest BCUT2D eigenvalue weighted by Gasteiger charge is -2.24. The van der Waals surface area contributed by atoms with Crippen molar-refractivity contribution >= 4 is 11.6 Å². The minimum Gasteiger partial charge on any atom is -0.322 e. The molecule has 4 rings (SSSR count). The van der Waals surface area contributed by atoms with Crippen molar-refractivity contribution in [1.82, 2.24) is 15.1 Å². The number of hydrogen-bond acceptors (Lipinski definition) is 3. The number of aryl methyl sites for hydroxylation is 1. The van der Waals surface area contributed by atoms with Gasteiger partial charge in [0.15, 0.2) is 0 Å². The van der Waals surface area contributed by atoms with E-state index in [9.17, 15) is 4.79 Å². The van der Waals surface area contributed by atoms with Crippen molar-refractivity contribution in [3.05, 3.63) is 77.6 Å². The minimum absolute atomic E-state index is 0.104. The molecular formula is C22H24N4O. The number of para-hydroxylation sites is 1. The van der Waals surface area contributed by atoms with Crippen LogP contribution in [0.2, 0.25) is 0 Å². The highest BCUT2D eigenvalue weighted by Gasteiger charge is 2.27. The number of amides is 1. The van der Waals surface area contributed by atoms with E-state index in [0.717, 1.165) is 43.0 Å². The number of carbonyl (C=O) groups is 1. The Morgan fingerprint density at radius 2 is 1.78 bits per heavy atom. The maximum atomic E-state index is 13.0. The van der Waals surface area contributed by atoms with Crippen LogP contribution in [0.5, 0.6) is 0 Å². The summed E-state index contributed by atoms with van der Waals surface area (Å²) in [5.74, 6) is 0.208. The quantitative estimate of drug-likeness (QED) is 0.742. The Labute approximate surface area is 159 Å². The number of hydrogen-bond donors (Lipinski definition) is 2. The summed E-state index contributed by atoms with van der Waals surface area (Å²) in [7, 11) is 0. The Hall–Kier alpha value is -2.92. The van der Waals surface area contributed by atoms with Crippen LogP contribution in [0.15, 0.2) is 60.8 Å². The summed E-state index contributed by atoms with van der Waals surface area (Å²) in [6.45, 7) is 3.99. The standard InChI is InChI=1S/C22H24N4O/c1-16-7-9-19(10-8-16)26-21(17-11-13-23-14-12-17)20(15-24-26)22(27)25-18-5-3-2-4-6-18/h2-10,15,17,23H,11-14H2,1H3,(H,25,27). The van der Waals surface area contributed by atoms with Gasteiger partial charge in [-0.1, -0.05) is 35.9 Å². The van der Waals surface area contributed by atoms with Crippen LogP contribution in [0, 0.1) is 6.92 Å². The lowest BCUT2D eigenvalue weighted by molar-refractivity contribution is 0.102. The van der Waals surface area contributed by atoms with Gasteiger partial charge in [0.1, 0.15) is 0 Å². The van der Waals surface area contributed by atoms with Gasteiger partial charge in [0.25, 0.3) is 5.91 Å². The van der Waals surface area contributed by atoms with Crippen molar-refractivity contribution in [2.45, 2.75) is 25.7 Å². The molecular weight excluding hydrogens is 336 g/mol. The second-order valence-electron chi connectivity index (χ2n) is 7.04. The molecule has 0 atom stereocenters. The van der Waals surface area contributed by atoms with E-state index in [2.05, 4.69) is 46.9 Å². The van der Waals surface area contributed by atoms with Crippen LogP contribution in [-0.2, 0) is 0 Å². The fourth-order valence-corrected chi connectivity index (χ4v) is 3.63. The molecule has 0 saturated carbocycles. The average molecular weight is 360 g/mol. The zero-order chi connectivity index (χ0) is 18.6. The molecule has 1 amide bonds. The van der Waals surface area contributed by atoms with Gasteiger partial charge in [0, 0.05) is 11.6 Å². The predicted molar refractivity (Wildman–Crippen MR) is 108 cm³/mol.